The zero-order valence-electron chi connectivity index (χ0n) is 4.12. The first-order valence-corrected chi connectivity index (χ1v) is 2.41. The molecule has 0 spiro atoms. The third-order valence-electron chi connectivity index (χ3n) is 0.707. The summed E-state index contributed by atoms with van der Waals surface area (Å²) < 4.78 is 0. The van der Waals surface area contributed by atoms with Crippen molar-refractivity contribution in [2.75, 3.05) is 0 Å². The quantitative estimate of drug-likeness (QED) is 0.422. The molecule has 0 bridgehead atoms. The van der Waals surface area contributed by atoms with Crippen molar-refractivity contribution < 1.29 is 0 Å². The Balaban J connectivity index is 0. The number of hydrogen-bond acceptors (Lipinski definition) is 0. The summed E-state index contributed by atoms with van der Waals surface area (Å²) in [5.41, 5.74) is 0. The Bertz CT molecular complexity index is 13.0. The standard InChI is InChI=1S/C4H9.2Li.H/c1-3-4-2;;;/h1,3-4H2,2H3;;;. The molecule has 0 aromatic carbocycles. The summed E-state index contributed by atoms with van der Waals surface area (Å²) in [5.74, 6) is 0. The molecular formula is C4H10Li2. The van der Waals surface area contributed by atoms with E-state index in [-0.39, 0.29) is 18.9 Å². The molecule has 0 nitrogen and oxygen atoms in total. The van der Waals surface area contributed by atoms with Gasteiger partial charge in [0.15, 0.2) is 0 Å². The van der Waals surface area contributed by atoms with E-state index in [0.29, 0.717) is 0 Å². The van der Waals surface area contributed by atoms with E-state index in [2.05, 4.69) is 24.6 Å². The van der Waals surface area contributed by atoms with E-state index in [1.54, 1.807) is 0 Å². The Morgan fingerprint density at radius 1 is 1.50 bits per heavy atom. The van der Waals surface area contributed by atoms with Gasteiger partial charge in [-0.1, -0.05) is 0 Å². The van der Waals surface area contributed by atoms with Gasteiger partial charge >= 0.3 is 61.4 Å². The summed E-state index contributed by atoms with van der Waals surface area (Å²) in [6.45, 7) is 2.21. The topological polar surface area (TPSA) is 0 Å². The fourth-order valence-corrected chi connectivity index (χ4v) is 0.354. The van der Waals surface area contributed by atoms with Gasteiger partial charge in [-0.3, -0.25) is 0 Å². The van der Waals surface area contributed by atoms with Crippen LogP contribution in [0.25, 0.3) is 0 Å². The average molecular weight is 72.0 g/mol. The van der Waals surface area contributed by atoms with Crippen molar-refractivity contribution in [2.24, 2.45) is 0 Å². The summed E-state index contributed by atoms with van der Waals surface area (Å²) in [7, 11) is 0. The van der Waals surface area contributed by atoms with Crippen LogP contribution in [0.5, 0.6) is 0 Å². The van der Waals surface area contributed by atoms with Gasteiger partial charge in [-0.25, -0.2) is 0 Å². The molecule has 28 valence electrons. The van der Waals surface area contributed by atoms with E-state index in [1.807, 2.05) is 0 Å². The van der Waals surface area contributed by atoms with Crippen molar-refractivity contribution in [1.82, 2.24) is 0 Å². The minimum absolute atomic E-state index is 0. The summed E-state index contributed by atoms with van der Waals surface area (Å²) >= 11 is 2.21. The van der Waals surface area contributed by atoms with E-state index in [9.17, 15) is 0 Å². The van der Waals surface area contributed by atoms with E-state index in [0.717, 1.165) is 0 Å². The van der Waals surface area contributed by atoms with Gasteiger partial charge in [-0.15, -0.1) is 0 Å². The van der Waals surface area contributed by atoms with Crippen LogP contribution in [0.2, 0.25) is 5.09 Å². The molecule has 2 heteroatoms. The molecule has 0 N–H and O–H groups in total. The third-order valence-corrected chi connectivity index (χ3v) is 0.707. The van der Waals surface area contributed by atoms with Crippen LogP contribution < -0.4 is 0 Å². The van der Waals surface area contributed by atoms with E-state index < -0.39 is 0 Å². The van der Waals surface area contributed by atoms with Crippen LogP contribution in [-0.2, 0) is 0 Å². The van der Waals surface area contributed by atoms with Crippen molar-refractivity contribution in [3.05, 3.63) is 0 Å². The maximum absolute atomic E-state index is 2.21. The van der Waals surface area contributed by atoms with Crippen molar-refractivity contribution in [2.45, 2.75) is 24.9 Å². The first-order chi connectivity index (χ1) is 2.41. The zero-order chi connectivity index (χ0) is 4.12. The van der Waals surface area contributed by atoms with Crippen LogP contribution in [0, 0.1) is 0 Å². The average Bonchev–Trinajstić information content (AvgIpc) is 1.41. The molecule has 0 rings (SSSR count). The molecule has 0 unspecified atom stereocenters. The molecule has 0 aromatic rings. The van der Waals surface area contributed by atoms with Gasteiger partial charge < -0.3 is 0 Å². The van der Waals surface area contributed by atoms with Gasteiger partial charge in [-0.2, -0.15) is 0 Å². The molecular weight excluding hydrogens is 61.9 g/mol. The van der Waals surface area contributed by atoms with E-state index >= 15 is 0 Å². The molecule has 0 saturated heterocycles. The van der Waals surface area contributed by atoms with Crippen molar-refractivity contribution in [1.29, 1.82) is 0 Å². The minimum atomic E-state index is 0. The molecule has 0 amide bonds. The van der Waals surface area contributed by atoms with Crippen LogP contribution in [0.1, 0.15) is 19.8 Å². The van der Waals surface area contributed by atoms with Gasteiger partial charge in [0.1, 0.15) is 0 Å². The molecule has 0 saturated carbocycles. The van der Waals surface area contributed by atoms with Crippen LogP contribution in [0.3, 0.4) is 0 Å². The van der Waals surface area contributed by atoms with Crippen molar-refractivity contribution >= 4 is 36.6 Å². The first kappa shape index (κ1) is 10.2. The predicted molar refractivity (Wildman–Crippen MR) is 32.6 cm³/mol. The summed E-state index contributed by atoms with van der Waals surface area (Å²) in [6, 6.07) is 0. The monoisotopic (exact) mass is 72.1 g/mol. The zero-order valence-corrected chi connectivity index (χ0v) is 4.12. The molecule has 0 heterocycles. The van der Waals surface area contributed by atoms with E-state index in [4.69, 9.17) is 0 Å². The molecule has 0 aliphatic rings. The van der Waals surface area contributed by atoms with Gasteiger partial charge in [0.05, 0.1) is 0 Å². The van der Waals surface area contributed by atoms with Crippen molar-refractivity contribution in [3.63, 3.8) is 0 Å². The van der Waals surface area contributed by atoms with Crippen LogP contribution in [-0.4, -0.2) is 36.6 Å². The summed E-state index contributed by atoms with van der Waals surface area (Å²) in [6.07, 6.45) is 2.73. The number of rotatable bonds is 2. The Labute approximate surface area is 61.5 Å². The molecule has 0 fully saturated rings. The SMILES string of the molecule is [LiH].[Li][CH2]CCC. The van der Waals surface area contributed by atoms with Crippen LogP contribution in [0.4, 0.5) is 0 Å². The second kappa shape index (κ2) is 9.50. The summed E-state index contributed by atoms with van der Waals surface area (Å²) in [4.78, 5) is 0. The van der Waals surface area contributed by atoms with Gasteiger partial charge in [0.25, 0.3) is 0 Å². The van der Waals surface area contributed by atoms with Crippen LogP contribution >= 0.6 is 0 Å². The summed E-state index contributed by atoms with van der Waals surface area (Å²) in [5, 5.41) is 1.34. The molecule has 0 atom stereocenters. The Kier molecular flexibility index (Phi) is 16.2. The van der Waals surface area contributed by atoms with Gasteiger partial charge in [0.2, 0.25) is 0 Å². The van der Waals surface area contributed by atoms with E-state index in [1.165, 1.54) is 17.9 Å². The molecule has 0 aliphatic carbocycles. The van der Waals surface area contributed by atoms with Crippen LogP contribution in [0.15, 0.2) is 0 Å². The van der Waals surface area contributed by atoms with Gasteiger partial charge in [-0.05, 0) is 0 Å². The Morgan fingerprint density at radius 3 is 2.00 bits per heavy atom. The molecule has 0 aromatic heterocycles. The fraction of sp³-hybridized carbons (Fsp3) is 1.00. The normalized spacial score (nSPS) is 7.17. The predicted octanol–water partition coefficient (Wildman–Crippen LogP) is 0.725. The van der Waals surface area contributed by atoms with Crippen molar-refractivity contribution in [3.8, 4) is 0 Å². The molecule has 6 heavy (non-hydrogen) atoms. The number of hydrogen-bond donors (Lipinski definition) is 0. The fourth-order valence-electron chi connectivity index (χ4n) is 0.354. The third kappa shape index (κ3) is 8.96. The number of unbranched alkanes of at least 4 members (excludes halogenated alkanes) is 1. The Hall–Kier alpha value is 1.19. The second-order valence-corrected chi connectivity index (χ2v) is 1.35. The molecule has 0 radical (unpaired) electrons. The molecule has 0 aliphatic heterocycles. The second-order valence-electron chi connectivity index (χ2n) is 1.35. The van der Waals surface area contributed by atoms with Gasteiger partial charge in [0, 0.05) is 0 Å². The first-order valence-electron chi connectivity index (χ1n) is 2.41. The maximum atomic E-state index is 2.21. The Morgan fingerprint density at radius 2 is 2.00 bits per heavy atom.